The molecule has 1 unspecified atom stereocenters. The fourth-order valence-corrected chi connectivity index (χ4v) is 1.35. The average Bonchev–Trinajstić information content (AvgIpc) is 2.82. The Balaban J connectivity index is 2.46. The number of amides is 3. The number of hydrogen-bond donors (Lipinski definition) is 3. The molecule has 1 aromatic heterocycles. The second-order valence-corrected chi connectivity index (χ2v) is 3.69. The quantitative estimate of drug-likeness (QED) is 0.724. The van der Waals surface area contributed by atoms with Gasteiger partial charge in [-0.15, -0.1) is 0 Å². The van der Waals surface area contributed by atoms with Crippen LogP contribution in [0.2, 0.25) is 0 Å². The van der Waals surface area contributed by atoms with Gasteiger partial charge in [0.15, 0.2) is 0 Å². The van der Waals surface area contributed by atoms with Gasteiger partial charge in [-0.2, -0.15) is 0 Å². The molecule has 6 nitrogen and oxygen atoms in total. The van der Waals surface area contributed by atoms with Crippen LogP contribution >= 0.6 is 0 Å². The van der Waals surface area contributed by atoms with Crippen LogP contribution in [0, 0.1) is 0 Å². The zero-order chi connectivity index (χ0) is 12.8. The van der Waals surface area contributed by atoms with E-state index in [1.165, 1.54) is 7.05 Å². The highest BCUT2D eigenvalue weighted by atomic mass is 16.3. The van der Waals surface area contributed by atoms with Gasteiger partial charge in [0.2, 0.25) is 5.91 Å². The molecule has 3 amide bonds. The van der Waals surface area contributed by atoms with Crippen molar-refractivity contribution in [3.8, 4) is 0 Å². The average molecular weight is 239 g/mol. The van der Waals surface area contributed by atoms with Crippen LogP contribution in [0.4, 0.5) is 4.79 Å². The lowest BCUT2D eigenvalue weighted by Gasteiger charge is -2.17. The molecule has 0 aliphatic carbocycles. The number of rotatable bonds is 4. The van der Waals surface area contributed by atoms with Gasteiger partial charge in [0.25, 0.3) is 0 Å². The number of imide groups is 1. The molecule has 17 heavy (non-hydrogen) atoms. The van der Waals surface area contributed by atoms with E-state index in [4.69, 9.17) is 4.42 Å². The van der Waals surface area contributed by atoms with Crippen LogP contribution in [-0.4, -0.2) is 25.0 Å². The summed E-state index contributed by atoms with van der Waals surface area (Å²) in [6, 6.07) is 2.49. The summed E-state index contributed by atoms with van der Waals surface area (Å²) in [6.45, 7) is 3.56. The molecule has 0 saturated heterocycles. The Hall–Kier alpha value is -1.82. The van der Waals surface area contributed by atoms with Gasteiger partial charge in [-0.3, -0.25) is 15.4 Å². The standard InChI is InChI=1S/C11H17N3O3/c1-7(9-5-4-6-17-9)13-8(2)10(15)14-11(16)12-3/h4-8,13H,1-3H3,(H2,12,14,15,16)/t7-,8?/m1/s1. The molecule has 0 saturated carbocycles. The summed E-state index contributed by atoms with van der Waals surface area (Å²) in [5.74, 6) is 0.354. The third-order valence-electron chi connectivity index (χ3n) is 2.33. The van der Waals surface area contributed by atoms with Gasteiger partial charge in [-0.05, 0) is 26.0 Å². The molecular weight excluding hydrogens is 222 g/mol. The number of carbonyl (C=O) groups excluding carboxylic acids is 2. The van der Waals surface area contributed by atoms with E-state index < -0.39 is 12.1 Å². The fraction of sp³-hybridized carbons (Fsp3) is 0.455. The van der Waals surface area contributed by atoms with Crippen LogP contribution in [0.3, 0.4) is 0 Å². The maximum Gasteiger partial charge on any atom is 0.321 e. The molecule has 94 valence electrons. The Bertz CT molecular complexity index is 375. The topological polar surface area (TPSA) is 83.4 Å². The van der Waals surface area contributed by atoms with Gasteiger partial charge < -0.3 is 9.73 Å². The lowest BCUT2D eigenvalue weighted by molar-refractivity contribution is -0.121. The summed E-state index contributed by atoms with van der Waals surface area (Å²) in [5, 5.41) is 7.54. The monoisotopic (exact) mass is 239 g/mol. The van der Waals surface area contributed by atoms with Crippen molar-refractivity contribution in [2.75, 3.05) is 7.05 Å². The van der Waals surface area contributed by atoms with Crippen LogP contribution in [0.15, 0.2) is 22.8 Å². The Labute approximate surface area is 99.8 Å². The fourth-order valence-electron chi connectivity index (χ4n) is 1.35. The Morgan fingerprint density at radius 1 is 1.35 bits per heavy atom. The summed E-state index contributed by atoms with van der Waals surface area (Å²) < 4.78 is 5.20. The van der Waals surface area contributed by atoms with Crippen LogP contribution in [0.5, 0.6) is 0 Å². The van der Waals surface area contributed by atoms with Crippen LogP contribution in [0.25, 0.3) is 0 Å². The molecule has 1 heterocycles. The number of hydrogen-bond acceptors (Lipinski definition) is 4. The first-order chi connectivity index (χ1) is 8.04. The minimum Gasteiger partial charge on any atom is -0.468 e. The first-order valence-electron chi connectivity index (χ1n) is 5.36. The second-order valence-electron chi connectivity index (χ2n) is 3.69. The van der Waals surface area contributed by atoms with Gasteiger partial charge >= 0.3 is 6.03 Å². The van der Waals surface area contributed by atoms with E-state index in [-0.39, 0.29) is 11.9 Å². The summed E-state index contributed by atoms with van der Waals surface area (Å²) >= 11 is 0. The Morgan fingerprint density at radius 3 is 2.59 bits per heavy atom. The van der Waals surface area contributed by atoms with Crippen molar-refractivity contribution < 1.29 is 14.0 Å². The predicted octanol–water partition coefficient (Wildman–Crippen LogP) is 0.774. The van der Waals surface area contributed by atoms with E-state index in [0.29, 0.717) is 0 Å². The smallest absolute Gasteiger partial charge is 0.321 e. The molecule has 2 atom stereocenters. The first-order valence-corrected chi connectivity index (χ1v) is 5.36. The molecular formula is C11H17N3O3. The highest BCUT2D eigenvalue weighted by Gasteiger charge is 2.18. The van der Waals surface area contributed by atoms with Crippen molar-refractivity contribution in [2.45, 2.75) is 25.9 Å². The lowest BCUT2D eigenvalue weighted by Crippen LogP contribution is -2.47. The van der Waals surface area contributed by atoms with Crippen molar-refractivity contribution >= 4 is 11.9 Å². The van der Waals surface area contributed by atoms with Crippen molar-refractivity contribution in [1.82, 2.24) is 16.0 Å². The Morgan fingerprint density at radius 2 is 2.06 bits per heavy atom. The van der Waals surface area contributed by atoms with Gasteiger partial charge in [0, 0.05) is 7.05 Å². The van der Waals surface area contributed by atoms with E-state index >= 15 is 0 Å². The lowest BCUT2D eigenvalue weighted by atomic mass is 10.2. The molecule has 0 aromatic carbocycles. The second kappa shape index (κ2) is 6.05. The van der Waals surface area contributed by atoms with Gasteiger partial charge in [-0.25, -0.2) is 4.79 Å². The van der Waals surface area contributed by atoms with Crippen LogP contribution in [0.1, 0.15) is 25.6 Å². The number of carbonyl (C=O) groups is 2. The van der Waals surface area contributed by atoms with Gasteiger partial charge in [-0.1, -0.05) is 0 Å². The largest absolute Gasteiger partial charge is 0.468 e. The molecule has 0 aliphatic heterocycles. The number of furan rings is 1. The summed E-state index contributed by atoms with van der Waals surface area (Å²) in [6.07, 6.45) is 1.57. The van der Waals surface area contributed by atoms with E-state index in [1.807, 2.05) is 13.0 Å². The van der Waals surface area contributed by atoms with E-state index in [1.54, 1.807) is 19.3 Å². The van der Waals surface area contributed by atoms with E-state index in [2.05, 4.69) is 16.0 Å². The Kier molecular flexibility index (Phi) is 4.71. The van der Waals surface area contributed by atoms with Crippen molar-refractivity contribution in [3.05, 3.63) is 24.2 Å². The normalized spacial score (nSPS) is 13.8. The van der Waals surface area contributed by atoms with Crippen LogP contribution in [-0.2, 0) is 4.79 Å². The predicted molar refractivity (Wildman–Crippen MR) is 62.3 cm³/mol. The summed E-state index contributed by atoms with van der Waals surface area (Å²) in [4.78, 5) is 22.5. The first kappa shape index (κ1) is 13.2. The number of urea groups is 1. The zero-order valence-corrected chi connectivity index (χ0v) is 10.1. The molecule has 0 radical (unpaired) electrons. The SMILES string of the molecule is CNC(=O)NC(=O)C(C)N[C@H](C)c1ccco1. The highest BCUT2D eigenvalue weighted by molar-refractivity contribution is 5.96. The maximum atomic E-state index is 11.6. The summed E-state index contributed by atoms with van der Waals surface area (Å²) in [5.41, 5.74) is 0. The molecule has 0 fully saturated rings. The van der Waals surface area contributed by atoms with Crippen molar-refractivity contribution in [3.63, 3.8) is 0 Å². The molecule has 3 N–H and O–H groups in total. The number of nitrogens with one attached hydrogen (secondary N) is 3. The van der Waals surface area contributed by atoms with E-state index in [9.17, 15) is 9.59 Å². The minimum absolute atomic E-state index is 0.101. The highest BCUT2D eigenvalue weighted by Crippen LogP contribution is 2.12. The molecule has 0 aliphatic rings. The summed E-state index contributed by atoms with van der Waals surface area (Å²) in [7, 11) is 1.45. The van der Waals surface area contributed by atoms with Crippen molar-refractivity contribution in [2.24, 2.45) is 0 Å². The molecule has 1 aromatic rings. The van der Waals surface area contributed by atoms with Gasteiger partial charge in [0.1, 0.15) is 5.76 Å². The molecule has 0 spiro atoms. The zero-order valence-electron chi connectivity index (χ0n) is 10.1. The van der Waals surface area contributed by atoms with Gasteiger partial charge in [0.05, 0.1) is 18.3 Å². The minimum atomic E-state index is -0.519. The van der Waals surface area contributed by atoms with Crippen molar-refractivity contribution in [1.29, 1.82) is 0 Å². The van der Waals surface area contributed by atoms with Crippen LogP contribution < -0.4 is 16.0 Å². The maximum absolute atomic E-state index is 11.6. The third kappa shape index (κ3) is 3.92. The molecule has 6 heteroatoms. The molecule has 0 bridgehead atoms. The van der Waals surface area contributed by atoms with E-state index in [0.717, 1.165) is 5.76 Å². The molecule has 1 rings (SSSR count). The third-order valence-corrected chi connectivity index (χ3v) is 2.33.